The van der Waals surface area contributed by atoms with Crippen LogP contribution in [0.5, 0.6) is 0 Å². The number of carbonyl (C=O) groups excluding carboxylic acids is 1. The van der Waals surface area contributed by atoms with Crippen molar-refractivity contribution in [2.75, 3.05) is 0 Å². The van der Waals surface area contributed by atoms with Crippen LogP contribution in [-0.4, -0.2) is 17.4 Å². The van der Waals surface area contributed by atoms with E-state index in [0.29, 0.717) is 0 Å². The van der Waals surface area contributed by atoms with Crippen LogP contribution in [0.2, 0.25) is 0 Å². The molecule has 0 heterocycles. The van der Waals surface area contributed by atoms with Crippen LogP contribution in [0.25, 0.3) is 0 Å². The molecule has 84 valence electrons. The fourth-order valence-electron chi connectivity index (χ4n) is 1.11. The van der Waals surface area contributed by atoms with E-state index < -0.39 is 0 Å². The molecule has 0 unspecified atom stereocenters. The first-order valence-corrected chi connectivity index (χ1v) is 4.98. The first-order chi connectivity index (χ1) is 6.04. The Morgan fingerprint density at radius 1 is 1.14 bits per heavy atom. The van der Waals surface area contributed by atoms with Crippen LogP contribution in [0.3, 0.4) is 0 Å². The summed E-state index contributed by atoms with van der Waals surface area (Å²) in [7, 11) is 0. The summed E-state index contributed by atoms with van der Waals surface area (Å²) in [5, 5.41) is 0. The second-order valence-corrected chi connectivity index (χ2v) is 5.74. The number of nitrogens with one attached hydrogen (secondary N) is 1. The monoisotopic (exact) mass is 201 g/mol. The van der Waals surface area contributed by atoms with Crippen molar-refractivity contribution in [1.82, 2.24) is 5.48 Å². The molecule has 0 aliphatic carbocycles. The lowest BCUT2D eigenvalue weighted by atomic mass is 9.85. The van der Waals surface area contributed by atoms with Gasteiger partial charge in [-0.3, -0.25) is 9.63 Å². The molecule has 14 heavy (non-hydrogen) atoms. The van der Waals surface area contributed by atoms with Crippen molar-refractivity contribution < 1.29 is 9.63 Å². The molecule has 0 fully saturated rings. The normalized spacial score (nSPS) is 15.4. The zero-order valence-corrected chi connectivity index (χ0v) is 10.4. The van der Waals surface area contributed by atoms with Crippen molar-refractivity contribution in [3.8, 4) is 0 Å². The third kappa shape index (κ3) is 5.35. The van der Waals surface area contributed by atoms with E-state index in [1.54, 1.807) is 6.92 Å². The van der Waals surface area contributed by atoms with Gasteiger partial charge in [0.25, 0.3) is 0 Å². The summed E-state index contributed by atoms with van der Waals surface area (Å²) in [5.41, 5.74) is 2.44. The Hall–Kier alpha value is -0.410. The minimum Gasteiger partial charge on any atom is -0.298 e. The Morgan fingerprint density at radius 3 is 1.79 bits per heavy atom. The van der Waals surface area contributed by atoms with E-state index in [-0.39, 0.29) is 22.8 Å². The summed E-state index contributed by atoms with van der Waals surface area (Å²) in [5.74, 6) is 0.0988. The molecule has 0 bridgehead atoms. The summed E-state index contributed by atoms with van der Waals surface area (Å²) >= 11 is 0. The maximum absolute atomic E-state index is 11.4. The fraction of sp³-hybridized carbons (Fsp3) is 0.909. The molecule has 0 aromatic heterocycles. The van der Waals surface area contributed by atoms with E-state index in [1.807, 2.05) is 41.5 Å². The molecule has 0 radical (unpaired) electrons. The standard InChI is InChI=1S/C11H23NO2/c1-8(13)9(10(2,3)4)12-14-11(5,6)7/h9,12H,1-7H3/t9-/m1/s1. The average molecular weight is 201 g/mol. The van der Waals surface area contributed by atoms with Gasteiger partial charge in [0.2, 0.25) is 0 Å². The minimum absolute atomic E-state index is 0.0988. The number of ketones is 1. The van der Waals surface area contributed by atoms with Crippen molar-refractivity contribution in [3.05, 3.63) is 0 Å². The van der Waals surface area contributed by atoms with E-state index in [4.69, 9.17) is 4.84 Å². The lowest BCUT2D eigenvalue weighted by Gasteiger charge is -2.31. The van der Waals surface area contributed by atoms with E-state index in [2.05, 4.69) is 5.48 Å². The molecule has 0 spiro atoms. The molecule has 0 aliphatic rings. The van der Waals surface area contributed by atoms with Gasteiger partial charge >= 0.3 is 0 Å². The first kappa shape index (κ1) is 13.6. The van der Waals surface area contributed by atoms with Gasteiger partial charge in [0.15, 0.2) is 0 Å². The maximum Gasteiger partial charge on any atom is 0.149 e. The van der Waals surface area contributed by atoms with Gasteiger partial charge in [0, 0.05) is 0 Å². The van der Waals surface area contributed by atoms with Gasteiger partial charge < -0.3 is 0 Å². The lowest BCUT2D eigenvalue weighted by molar-refractivity contribution is -0.137. The molecular formula is C11H23NO2. The molecule has 0 saturated carbocycles. The number of rotatable bonds is 3. The summed E-state index contributed by atoms with van der Waals surface area (Å²) in [6.07, 6.45) is 0. The highest BCUT2D eigenvalue weighted by Crippen LogP contribution is 2.20. The zero-order chi connectivity index (χ0) is 11.6. The van der Waals surface area contributed by atoms with Crippen molar-refractivity contribution in [1.29, 1.82) is 0 Å². The van der Waals surface area contributed by atoms with Gasteiger partial charge in [-0.15, -0.1) is 0 Å². The van der Waals surface area contributed by atoms with Gasteiger partial charge in [-0.25, -0.2) is 0 Å². The largest absolute Gasteiger partial charge is 0.298 e. The zero-order valence-electron chi connectivity index (χ0n) is 10.4. The molecule has 1 N–H and O–H groups in total. The third-order valence-electron chi connectivity index (χ3n) is 1.76. The molecule has 0 saturated heterocycles. The van der Waals surface area contributed by atoms with Crippen LogP contribution >= 0.6 is 0 Å². The minimum atomic E-state index is -0.279. The Labute approximate surface area is 87.2 Å². The molecule has 0 aromatic carbocycles. The lowest BCUT2D eigenvalue weighted by Crippen LogP contribution is -2.48. The van der Waals surface area contributed by atoms with Crippen LogP contribution in [0, 0.1) is 5.41 Å². The molecule has 3 heteroatoms. The topological polar surface area (TPSA) is 38.3 Å². The quantitative estimate of drug-likeness (QED) is 0.712. The van der Waals surface area contributed by atoms with Crippen LogP contribution < -0.4 is 5.48 Å². The Balaban J connectivity index is 4.35. The van der Waals surface area contributed by atoms with Crippen LogP contribution in [0.1, 0.15) is 48.5 Å². The molecular weight excluding hydrogens is 178 g/mol. The van der Waals surface area contributed by atoms with Crippen molar-refractivity contribution >= 4 is 5.78 Å². The van der Waals surface area contributed by atoms with Crippen LogP contribution in [0.15, 0.2) is 0 Å². The molecule has 0 amide bonds. The van der Waals surface area contributed by atoms with Gasteiger partial charge in [-0.2, -0.15) is 5.48 Å². The van der Waals surface area contributed by atoms with Gasteiger partial charge in [-0.05, 0) is 33.1 Å². The molecule has 0 aromatic rings. The number of hydrogen-bond acceptors (Lipinski definition) is 3. The molecule has 1 atom stereocenters. The second kappa shape index (κ2) is 4.41. The van der Waals surface area contributed by atoms with Crippen LogP contribution in [0.4, 0.5) is 0 Å². The third-order valence-corrected chi connectivity index (χ3v) is 1.76. The van der Waals surface area contributed by atoms with E-state index in [1.165, 1.54) is 0 Å². The number of hydrogen-bond donors (Lipinski definition) is 1. The van der Waals surface area contributed by atoms with Gasteiger partial charge in [0.05, 0.1) is 11.6 Å². The average Bonchev–Trinajstić information content (AvgIpc) is 1.79. The highest BCUT2D eigenvalue weighted by atomic mass is 16.7. The fourth-order valence-corrected chi connectivity index (χ4v) is 1.11. The number of hydroxylamine groups is 1. The van der Waals surface area contributed by atoms with Crippen molar-refractivity contribution in [2.24, 2.45) is 5.41 Å². The predicted octanol–water partition coefficient (Wildman–Crippen LogP) is 2.31. The highest BCUT2D eigenvalue weighted by Gasteiger charge is 2.30. The Kier molecular flexibility index (Phi) is 4.28. The molecule has 0 rings (SSSR count). The van der Waals surface area contributed by atoms with Gasteiger partial charge in [0.1, 0.15) is 5.78 Å². The molecule has 3 nitrogen and oxygen atoms in total. The van der Waals surface area contributed by atoms with E-state index >= 15 is 0 Å². The Bertz CT molecular complexity index is 198. The summed E-state index contributed by atoms with van der Waals surface area (Å²) in [6, 6.07) is -0.262. The summed E-state index contributed by atoms with van der Waals surface area (Å²) in [6.45, 7) is 13.4. The number of Topliss-reactive ketones (excluding diaryl/α,β-unsaturated/α-hetero) is 1. The molecule has 0 aliphatic heterocycles. The number of carbonyl (C=O) groups is 1. The summed E-state index contributed by atoms with van der Waals surface area (Å²) in [4.78, 5) is 16.8. The Morgan fingerprint density at radius 2 is 1.57 bits per heavy atom. The van der Waals surface area contributed by atoms with Gasteiger partial charge in [-0.1, -0.05) is 20.8 Å². The van der Waals surface area contributed by atoms with E-state index in [0.717, 1.165) is 0 Å². The SMILES string of the molecule is CC(=O)[C@@H](NOC(C)(C)C)C(C)(C)C. The highest BCUT2D eigenvalue weighted by molar-refractivity contribution is 5.82. The smallest absolute Gasteiger partial charge is 0.149 e. The first-order valence-electron chi connectivity index (χ1n) is 4.98. The van der Waals surface area contributed by atoms with Crippen LogP contribution in [-0.2, 0) is 9.63 Å². The van der Waals surface area contributed by atoms with E-state index in [9.17, 15) is 4.79 Å². The maximum atomic E-state index is 11.4. The predicted molar refractivity (Wildman–Crippen MR) is 57.9 cm³/mol. The summed E-state index contributed by atoms with van der Waals surface area (Å²) < 4.78 is 0. The van der Waals surface area contributed by atoms with Crippen molar-refractivity contribution in [3.63, 3.8) is 0 Å². The second-order valence-electron chi connectivity index (χ2n) is 5.74. The van der Waals surface area contributed by atoms with Crippen molar-refractivity contribution in [2.45, 2.75) is 60.1 Å².